The molecular weight excluding hydrogens is 352 g/mol. The van der Waals surface area contributed by atoms with Gasteiger partial charge < -0.3 is 9.80 Å². The lowest BCUT2D eigenvalue weighted by atomic mass is 9.98. The topological polar surface area (TPSA) is 58.4 Å². The summed E-state index contributed by atoms with van der Waals surface area (Å²) in [7, 11) is 1.94. The van der Waals surface area contributed by atoms with Crippen LogP contribution in [0.15, 0.2) is 24.3 Å². The molecule has 6 nitrogen and oxygen atoms in total. The van der Waals surface area contributed by atoms with E-state index in [-0.39, 0.29) is 17.6 Å². The molecule has 2 heterocycles. The monoisotopic (exact) mass is 382 g/mol. The molecule has 1 amide bonds. The number of nitrogens with zero attached hydrogens (tertiary/aromatic N) is 4. The summed E-state index contributed by atoms with van der Waals surface area (Å²) in [6.07, 6.45) is 0.733. The molecule has 0 bridgehead atoms. The number of carbonyl (C=O) groups is 2. The summed E-state index contributed by atoms with van der Waals surface area (Å²) in [5, 5.41) is 4.46. The van der Waals surface area contributed by atoms with Crippen LogP contribution in [0.5, 0.6) is 0 Å². The van der Waals surface area contributed by atoms with E-state index in [0.717, 1.165) is 55.2 Å². The molecule has 150 valence electrons. The number of aryl methyl sites for hydroxylation is 2. The van der Waals surface area contributed by atoms with Gasteiger partial charge in [0.2, 0.25) is 5.91 Å². The van der Waals surface area contributed by atoms with E-state index in [4.69, 9.17) is 0 Å². The van der Waals surface area contributed by atoms with Crippen LogP contribution in [0.3, 0.4) is 0 Å². The lowest BCUT2D eigenvalue weighted by Crippen LogP contribution is -2.50. The molecule has 1 aliphatic heterocycles. The van der Waals surface area contributed by atoms with Crippen molar-refractivity contribution in [3.05, 3.63) is 46.8 Å². The van der Waals surface area contributed by atoms with E-state index in [1.165, 1.54) is 5.56 Å². The predicted octanol–water partition coefficient (Wildman–Crippen LogP) is 2.77. The van der Waals surface area contributed by atoms with Gasteiger partial charge in [-0.1, -0.05) is 6.92 Å². The first kappa shape index (κ1) is 20.1. The molecule has 1 atom stereocenters. The van der Waals surface area contributed by atoms with Crippen LogP contribution in [0.2, 0.25) is 0 Å². The fourth-order valence-electron chi connectivity index (χ4n) is 3.91. The zero-order valence-corrected chi connectivity index (χ0v) is 17.5. The number of piperazine rings is 1. The number of benzene rings is 1. The molecule has 0 spiro atoms. The minimum Gasteiger partial charge on any atom is -0.368 e. The summed E-state index contributed by atoms with van der Waals surface area (Å²) < 4.78 is 1.89. The molecule has 1 fully saturated rings. The average Bonchev–Trinajstić information content (AvgIpc) is 2.93. The number of amides is 1. The van der Waals surface area contributed by atoms with Crippen molar-refractivity contribution >= 4 is 17.4 Å². The highest BCUT2D eigenvalue weighted by Crippen LogP contribution is 2.21. The standard InChI is InChI=1S/C22H30N4O2/c1-15(14-21-16(2)23-24(5)17(21)3)22(28)26-12-10-25(11-13-26)20-8-6-19(7-9-20)18(4)27/h6-9,15H,10-14H2,1-5H3/t15-/m1/s1. The summed E-state index contributed by atoms with van der Waals surface area (Å²) in [6, 6.07) is 7.72. The van der Waals surface area contributed by atoms with E-state index >= 15 is 0 Å². The van der Waals surface area contributed by atoms with Gasteiger partial charge in [-0.25, -0.2) is 0 Å². The Labute approximate surface area is 167 Å². The molecule has 1 aromatic heterocycles. The van der Waals surface area contributed by atoms with Crippen LogP contribution in [0.4, 0.5) is 5.69 Å². The third kappa shape index (κ3) is 4.11. The Kier molecular flexibility index (Phi) is 5.87. The molecule has 6 heteroatoms. The Morgan fingerprint density at radius 1 is 1.07 bits per heavy atom. The lowest BCUT2D eigenvalue weighted by molar-refractivity contribution is -0.135. The Balaban J connectivity index is 1.57. The van der Waals surface area contributed by atoms with Crippen molar-refractivity contribution in [1.29, 1.82) is 0 Å². The molecule has 3 rings (SSSR count). The van der Waals surface area contributed by atoms with Crippen molar-refractivity contribution in [3.63, 3.8) is 0 Å². The fraction of sp³-hybridized carbons (Fsp3) is 0.500. The minimum absolute atomic E-state index is 0.0528. The van der Waals surface area contributed by atoms with Gasteiger partial charge in [0.15, 0.2) is 5.78 Å². The Morgan fingerprint density at radius 2 is 1.68 bits per heavy atom. The minimum atomic E-state index is -0.0528. The predicted molar refractivity (Wildman–Crippen MR) is 111 cm³/mol. The van der Waals surface area contributed by atoms with E-state index < -0.39 is 0 Å². The van der Waals surface area contributed by atoms with Crippen molar-refractivity contribution in [3.8, 4) is 0 Å². The SMILES string of the molecule is CC(=O)c1ccc(N2CCN(C(=O)[C@H](C)Cc3c(C)nn(C)c3C)CC2)cc1. The molecule has 2 aromatic rings. The summed E-state index contributed by atoms with van der Waals surface area (Å²) in [5.41, 5.74) is 5.17. The zero-order chi connectivity index (χ0) is 20.4. The lowest BCUT2D eigenvalue weighted by Gasteiger charge is -2.37. The van der Waals surface area contributed by atoms with Crippen molar-refractivity contribution in [2.45, 2.75) is 34.1 Å². The smallest absolute Gasteiger partial charge is 0.225 e. The number of Topliss-reactive ketones (excluding diaryl/α,β-unsaturated/α-hetero) is 1. The van der Waals surface area contributed by atoms with Crippen molar-refractivity contribution in [2.24, 2.45) is 13.0 Å². The molecule has 1 aliphatic rings. The number of hydrogen-bond acceptors (Lipinski definition) is 4. The molecule has 0 radical (unpaired) electrons. The maximum absolute atomic E-state index is 12.9. The van der Waals surface area contributed by atoms with Crippen LogP contribution in [-0.2, 0) is 18.3 Å². The second kappa shape index (κ2) is 8.17. The molecule has 1 saturated heterocycles. The molecular formula is C22H30N4O2. The van der Waals surface area contributed by atoms with Crippen molar-refractivity contribution in [2.75, 3.05) is 31.1 Å². The van der Waals surface area contributed by atoms with Gasteiger partial charge >= 0.3 is 0 Å². The largest absolute Gasteiger partial charge is 0.368 e. The van der Waals surface area contributed by atoms with E-state index in [1.807, 2.05) is 54.7 Å². The van der Waals surface area contributed by atoms with Gasteiger partial charge in [-0.3, -0.25) is 14.3 Å². The van der Waals surface area contributed by atoms with E-state index in [1.54, 1.807) is 6.92 Å². The number of carbonyl (C=O) groups excluding carboxylic acids is 2. The molecule has 0 unspecified atom stereocenters. The number of aromatic nitrogens is 2. The average molecular weight is 383 g/mol. The molecule has 0 aliphatic carbocycles. The number of anilines is 1. The highest BCUT2D eigenvalue weighted by atomic mass is 16.2. The van der Waals surface area contributed by atoms with Crippen LogP contribution in [0, 0.1) is 19.8 Å². The van der Waals surface area contributed by atoms with Crippen molar-refractivity contribution < 1.29 is 9.59 Å². The van der Waals surface area contributed by atoms with Crippen LogP contribution in [0.1, 0.15) is 41.2 Å². The van der Waals surface area contributed by atoms with Gasteiger partial charge in [0, 0.05) is 56.1 Å². The Bertz CT molecular complexity index is 861. The molecule has 1 aromatic carbocycles. The molecule has 0 N–H and O–H groups in total. The van der Waals surface area contributed by atoms with Crippen molar-refractivity contribution in [1.82, 2.24) is 14.7 Å². The van der Waals surface area contributed by atoms with E-state index in [2.05, 4.69) is 16.9 Å². The third-order valence-corrected chi connectivity index (χ3v) is 5.82. The normalized spacial score (nSPS) is 15.6. The summed E-state index contributed by atoms with van der Waals surface area (Å²) >= 11 is 0. The van der Waals surface area contributed by atoms with Crippen LogP contribution in [-0.4, -0.2) is 52.5 Å². The summed E-state index contributed by atoms with van der Waals surface area (Å²) in [5.74, 6) is 0.243. The number of rotatable bonds is 5. The van der Waals surface area contributed by atoms with Gasteiger partial charge in [0.05, 0.1) is 5.69 Å². The Hall–Kier alpha value is -2.63. The molecule has 0 saturated carbocycles. The molecule has 28 heavy (non-hydrogen) atoms. The highest BCUT2D eigenvalue weighted by Gasteiger charge is 2.26. The van der Waals surface area contributed by atoms with E-state index in [0.29, 0.717) is 0 Å². The second-order valence-corrected chi connectivity index (χ2v) is 7.79. The van der Waals surface area contributed by atoms with Gasteiger partial charge in [-0.15, -0.1) is 0 Å². The summed E-state index contributed by atoms with van der Waals surface area (Å²) in [6.45, 7) is 10.7. The van der Waals surface area contributed by atoms with Crippen LogP contribution >= 0.6 is 0 Å². The first-order chi connectivity index (χ1) is 13.3. The number of hydrogen-bond donors (Lipinski definition) is 0. The maximum Gasteiger partial charge on any atom is 0.225 e. The first-order valence-electron chi connectivity index (χ1n) is 9.91. The van der Waals surface area contributed by atoms with Gasteiger partial charge in [0.1, 0.15) is 0 Å². The quantitative estimate of drug-likeness (QED) is 0.746. The second-order valence-electron chi connectivity index (χ2n) is 7.79. The zero-order valence-electron chi connectivity index (χ0n) is 17.5. The van der Waals surface area contributed by atoms with Gasteiger partial charge in [-0.05, 0) is 57.0 Å². The fourth-order valence-corrected chi connectivity index (χ4v) is 3.91. The van der Waals surface area contributed by atoms with E-state index in [9.17, 15) is 9.59 Å². The number of ketones is 1. The summed E-state index contributed by atoms with van der Waals surface area (Å²) in [4.78, 5) is 28.6. The Morgan fingerprint density at radius 3 is 2.18 bits per heavy atom. The first-order valence-corrected chi connectivity index (χ1v) is 9.91. The maximum atomic E-state index is 12.9. The van der Waals surface area contributed by atoms with Crippen LogP contribution < -0.4 is 4.90 Å². The van der Waals surface area contributed by atoms with Crippen LogP contribution in [0.25, 0.3) is 0 Å². The third-order valence-electron chi connectivity index (χ3n) is 5.82. The van der Waals surface area contributed by atoms with Gasteiger partial charge in [-0.2, -0.15) is 5.10 Å². The highest BCUT2D eigenvalue weighted by molar-refractivity contribution is 5.94. The van der Waals surface area contributed by atoms with Gasteiger partial charge in [0.25, 0.3) is 0 Å².